The maximum Gasteiger partial charge on any atom is 0.445 e. The Balaban J connectivity index is 1.72. The normalized spacial score (nSPS) is 11.4. The predicted octanol–water partition coefficient (Wildman–Crippen LogP) is 3.60. The van der Waals surface area contributed by atoms with Crippen molar-refractivity contribution in [2.75, 3.05) is 5.32 Å². The van der Waals surface area contributed by atoms with Crippen LogP contribution in [0.2, 0.25) is 0 Å². The number of anilines is 1. The Morgan fingerprint density at radius 3 is 2.30 bits per heavy atom. The molecule has 0 fully saturated rings. The van der Waals surface area contributed by atoms with Gasteiger partial charge >= 0.3 is 6.18 Å². The van der Waals surface area contributed by atoms with Gasteiger partial charge in [-0.1, -0.05) is 11.3 Å². The van der Waals surface area contributed by atoms with Crippen molar-refractivity contribution in [3.63, 3.8) is 0 Å². The lowest BCUT2D eigenvalue weighted by Gasteiger charge is -2.05. The van der Waals surface area contributed by atoms with Crippen molar-refractivity contribution in [2.45, 2.75) is 6.18 Å². The fraction of sp³-hybridized carbons (Fsp3) is 0.0714. The van der Waals surface area contributed by atoms with Crippen molar-refractivity contribution in [1.29, 1.82) is 0 Å². The van der Waals surface area contributed by atoms with Crippen molar-refractivity contribution in [1.82, 2.24) is 14.8 Å². The topological polar surface area (TPSA) is 59.8 Å². The number of amides is 1. The molecule has 0 saturated heterocycles. The largest absolute Gasteiger partial charge is 0.445 e. The highest BCUT2D eigenvalue weighted by atomic mass is 32.1. The molecule has 23 heavy (non-hydrogen) atoms. The summed E-state index contributed by atoms with van der Waals surface area (Å²) >= 11 is 0.281. The first kappa shape index (κ1) is 15.2. The molecule has 1 aromatic carbocycles. The average molecular weight is 338 g/mol. The van der Waals surface area contributed by atoms with Crippen LogP contribution in [0.5, 0.6) is 0 Å². The molecule has 118 valence electrons. The van der Waals surface area contributed by atoms with E-state index in [1.165, 1.54) is 0 Å². The van der Waals surface area contributed by atoms with Crippen LogP contribution in [0.25, 0.3) is 5.69 Å². The van der Waals surface area contributed by atoms with Crippen LogP contribution in [0.4, 0.5) is 18.3 Å². The van der Waals surface area contributed by atoms with Gasteiger partial charge in [-0.2, -0.15) is 13.2 Å². The number of rotatable bonds is 3. The second-order valence-electron chi connectivity index (χ2n) is 4.50. The van der Waals surface area contributed by atoms with Gasteiger partial charge in [-0.15, -0.1) is 10.2 Å². The predicted molar refractivity (Wildman–Crippen MR) is 78.6 cm³/mol. The molecule has 0 atom stereocenters. The fourth-order valence-corrected chi connectivity index (χ4v) is 2.46. The monoisotopic (exact) mass is 338 g/mol. The zero-order valence-electron chi connectivity index (χ0n) is 11.4. The van der Waals surface area contributed by atoms with Gasteiger partial charge < -0.3 is 4.57 Å². The standard InChI is InChI=1S/C14H9F3N4OS/c15-14(16,17)12-19-20-13(23-12)18-11(22)9-3-5-10(6-4-9)21-7-1-2-8-21/h1-8H,(H,18,20,22). The first-order valence-corrected chi connectivity index (χ1v) is 7.20. The first-order valence-electron chi connectivity index (χ1n) is 6.39. The molecule has 0 aliphatic rings. The summed E-state index contributed by atoms with van der Waals surface area (Å²) in [7, 11) is 0. The number of halogens is 3. The van der Waals surface area contributed by atoms with E-state index in [0.29, 0.717) is 5.56 Å². The van der Waals surface area contributed by atoms with Gasteiger partial charge in [0.1, 0.15) is 0 Å². The Hall–Kier alpha value is -2.68. The summed E-state index contributed by atoms with van der Waals surface area (Å²) in [5.74, 6) is -0.547. The summed E-state index contributed by atoms with van der Waals surface area (Å²) in [6.07, 6.45) is -0.858. The van der Waals surface area contributed by atoms with E-state index < -0.39 is 17.1 Å². The SMILES string of the molecule is O=C(Nc1nnc(C(F)(F)F)s1)c1ccc(-n2cccc2)cc1. The lowest BCUT2D eigenvalue weighted by atomic mass is 10.2. The van der Waals surface area contributed by atoms with Crippen LogP contribution in [0, 0.1) is 0 Å². The number of nitrogens with one attached hydrogen (secondary N) is 1. The number of alkyl halides is 3. The van der Waals surface area contributed by atoms with Crippen molar-refractivity contribution in [2.24, 2.45) is 0 Å². The van der Waals surface area contributed by atoms with E-state index in [0.717, 1.165) is 5.69 Å². The Morgan fingerprint density at radius 1 is 1.09 bits per heavy atom. The van der Waals surface area contributed by atoms with E-state index >= 15 is 0 Å². The number of nitrogens with zero attached hydrogens (tertiary/aromatic N) is 3. The highest BCUT2D eigenvalue weighted by Gasteiger charge is 2.35. The summed E-state index contributed by atoms with van der Waals surface area (Å²) < 4.78 is 39.2. The Kier molecular flexibility index (Phi) is 3.87. The molecular weight excluding hydrogens is 329 g/mol. The molecule has 0 saturated carbocycles. The maximum atomic E-state index is 12.4. The molecule has 1 N–H and O–H groups in total. The van der Waals surface area contributed by atoms with Gasteiger partial charge in [0.05, 0.1) is 0 Å². The third kappa shape index (κ3) is 3.39. The van der Waals surface area contributed by atoms with Gasteiger partial charge in [-0.25, -0.2) is 0 Å². The number of benzene rings is 1. The van der Waals surface area contributed by atoms with Crippen LogP contribution in [0.1, 0.15) is 15.4 Å². The molecule has 2 aromatic heterocycles. The first-order chi connectivity index (χ1) is 10.9. The molecule has 0 aliphatic carbocycles. The van der Waals surface area contributed by atoms with E-state index in [-0.39, 0.29) is 16.5 Å². The number of hydrogen-bond acceptors (Lipinski definition) is 4. The van der Waals surface area contributed by atoms with E-state index in [9.17, 15) is 18.0 Å². The van der Waals surface area contributed by atoms with Gasteiger partial charge in [0.25, 0.3) is 5.91 Å². The highest BCUT2D eigenvalue weighted by molar-refractivity contribution is 7.15. The average Bonchev–Trinajstić information content (AvgIpc) is 3.18. The van der Waals surface area contributed by atoms with Crippen LogP contribution in [-0.4, -0.2) is 20.7 Å². The minimum atomic E-state index is -4.57. The minimum Gasteiger partial charge on any atom is -0.324 e. The number of carbonyl (C=O) groups excluding carboxylic acids is 1. The summed E-state index contributed by atoms with van der Waals surface area (Å²) in [5.41, 5.74) is 1.17. The second-order valence-corrected chi connectivity index (χ2v) is 5.48. The summed E-state index contributed by atoms with van der Waals surface area (Å²) in [5, 5.41) is 7.33. The van der Waals surface area contributed by atoms with E-state index in [4.69, 9.17) is 0 Å². The molecule has 0 radical (unpaired) electrons. The van der Waals surface area contributed by atoms with E-state index in [1.54, 1.807) is 24.3 Å². The van der Waals surface area contributed by atoms with Crippen molar-refractivity contribution >= 4 is 22.4 Å². The molecular formula is C14H9F3N4OS. The molecule has 5 nitrogen and oxygen atoms in total. The van der Waals surface area contributed by atoms with Crippen molar-refractivity contribution < 1.29 is 18.0 Å². The summed E-state index contributed by atoms with van der Waals surface area (Å²) in [4.78, 5) is 12.0. The Morgan fingerprint density at radius 2 is 1.74 bits per heavy atom. The smallest absolute Gasteiger partial charge is 0.324 e. The van der Waals surface area contributed by atoms with Crippen molar-refractivity contribution in [3.8, 4) is 5.69 Å². The summed E-state index contributed by atoms with van der Waals surface area (Å²) in [6.45, 7) is 0. The third-order valence-electron chi connectivity index (χ3n) is 2.92. The van der Waals surface area contributed by atoms with Gasteiger partial charge in [0.2, 0.25) is 10.1 Å². The van der Waals surface area contributed by atoms with Gasteiger partial charge in [0, 0.05) is 23.6 Å². The number of carbonyl (C=O) groups is 1. The lowest BCUT2D eigenvalue weighted by Crippen LogP contribution is -2.11. The molecule has 0 bridgehead atoms. The Bertz CT molecular complexity index is 809. The quantitative estimate of drug-likeness (QED) is 0.794. The minimum absolute atomic E-state index is 0.197. The van der Waals surface area contributed by atoms with Gasteiger partial charge in [-0.3, -0.25) is 10.1 Å². The molecule has 2 heterocycles. The second kappa shape index (κ2) is 5.84. The molecule has 1 amide bonds. The van der Waals surface area contributed by atoms with E-state index in [1.807, 2.05) is 29.1 Å². The molecule has 0 unspecified atom stereocenters. The molecule has 3 rings (SSSR count). The van der Waals surface area contributed by atoms with Gasteiger partial charge in [-0.05, 0) is 36.4 Å². The fourth-order valence-electron chi connectivity index (χ4n) is 1.85. The number of aromatic nitrogens is 3. The third-order valence-corrected chi connectivity index (χ3v) is 3.80. The van der Waals surface area contributed by atoms with Crippen LogP contribution in [0.3, 0.4) is 0 Å². The zero-order chi connectivity index (χ0) is 16.4. The van der Waals surface area contributed by atoms with Crippen LogP contribution >= 0.6 is 11.3 Å². The number of hydrogen-bond donors (Lipinski definition) is 1. The molecule has 3 aromatic rings. The molecule has 0 aliphatic heterocycles. The maximum absolute atomic E-state index is 12.4. The van der Waals surface area contributed by atoms with Crippen LogP contribution < -0.4 is 5.32 Å². The highest BCUT2D eigenvalue weighted by Crippen LogP contribution is 2.33. The zero-order valence-corrected chi connectivity index (χ0v) is 12.2. The lowest BCUT2D eigenvalue weighted by molar-refractivity contribution is -0.138. The van der Waals surface area contributed by atoms with Crippen LogP contribution in [-0.2, 0) is 6.18 Å². The van der Waals surface area contributed by atoms with E-state index in [2.05, 4.69) is 15.5 Å². The molecule has 0 spiro atoms. The summed E-state index contributed by atoms with van der Waals surface area (Å²) in [6, 6.07) is 10.4. The Labute approximate surface area is 132 Å². The molecule has 9 heteroatoms. The van der Waals surface area contributed by atoms with Crippen LogP contribution in [0.15, 0.2) is 48.8 Å². The van der Waals surface area contributed by atoms with Gasteiger partial charge in [0.15, 0.2) is 0 Å². The van der Waals surface area contributed by atoms with Crippen molar-refractivity contribution in [3.05, 3.63) is 59.4 Å².